The summed E-state index contributed by atoms with van der Waals surface area (Å²) >= 11 is 0. The molecule has 20 atom stereocenters. The van der Waals surface area contributed by atoms with Gasteiger partial charge in [0.2, 0.25) is 6.29 Å². The van der Waals surface area contributed by atoms with Crippen molar-refractivity contribution in [2.24, 2.45) is 5.92 Å². The van der Waals surface area contributed by atoms with Gasteiger partial charge in [0.25, 0.3) is 0 Å². The highest BCUT2D eigenvalue weighted by Crippen LogP contribution is 2.47. The van der Waals surface area contributed by atoms with Gasteiger partial charge < -0.3 is 88.6 Å². The van der Waals surface area contributed by atoms with Crippen LogP contribution in [-0.4, -0.2) is 181 Å². The molecule has 20 heteroatoms. The molecule has 4 fully saturated rings. The normalized spacial score (nSPS) is 40.4. The lowest BCUT2D eigenvalue weighted by atomic mass is 9.75. The molecule has 20 nitrogen and oxygen atoms in total. The van der Waals surface area contributed by atoms with Gasteiger partial charge in [0, 0.05) is 44.3 Å². The first kappa shape index (κ1) is 48.8. The van der Waals surface area contributed by atoms with E-state index in [9.17, 15) is 55.5 Å². The highest BCUT2D eigenvalue weighted by molar-refractivity contribution is 6.11. The van der Waals surface area contributed by atoms with Crippen molar-refractivity contribution in [1.82, 2.24) is 0 Å². The van der Waals surface area contributed by atoms with Crippen LogP contribution >= 0.6 is 0 Å². The van der Waals surface area contributed by atoms with E-state index in [4.69, 9.17) is 42.6 Å². The molecule has 9 N–H and O–H groups in total. The molecule has 4 saturated heterocycles. The summed E-state index contributed by atoms with van der Waals surface area (Å²) in [5.41, 5.74) is 0.266. The first-order chi connectivity index (χ1) is 30.2. The lowest BCUT2D eigenvalue weighted by Crippen LogP contribution is -2.56. The Kier molecular flexibility index (Phi) is 14.9. The predicted molar refractivity (Wildman–Crippen MR) is 218 cm³/mol. The highest BCUT2D eigenvalue weighted by Gasteiger charge is 2.50. The number of Topliss-reactive ketones (excluding diaryl/α,β-unsaturated/α-hetero) is 2. The summed E-state index contributed by atoms with van der Waals surface area (Å²) in [6.45, 7) is 9.06. The molecule has 64 heavy (non-hydrogen) atoms. The summed E-state index contributed by atoms with van der Waals surface area (Å²) in [5.74, 6) is -3.30. The average molecular weight is 911 g/mol. The van der Waals surface area contributed by atoms with Crippen LogP contribution in [0.1, 0.15) is 81.8 Å². The number of hydrogen-bond acceptors (Lipinski definition) is 20. The van der Waals surface area contributed by atoms with E-state index >= 15 is 0 Å². The lowest BCUT2D eigenvalue weighted by Gasteiger charge is -2.44. The minimum atomic E-state index is -1.69. The van der Waals surface area contributed by atoms with Crippen molar-refractivity contribution < 1.29 is 98.2 Å². The van der Waals surface area contributed by atoms with Crippen LogP contribution in [0, 0.1) is 12.8 Å². The SMILES string of the molecule is COC(C(O)C(C)=O)[C@@H]1Cc2cc3cc(OC4CC(OC5CC(O)C(O)C(C)O5)C(O)C(C)O4)c(C)c(O)c3c(O)c2C(=O)[C@H]1OC1CC(OC2CC(O)C(O)C(C)O2)C(O)C(C)O1. The number of benzene rings is 2. The molecule has 1 aliphatic carbocycles. The smallest absolute Gasteiger partial charge is 0.202 e. The number of methoxy groups -OCH3 is 1. The van der Waals surface area contributed by atoms with Crippen LogP contribution in [0.15, 0.2) is 12.1 Å². The van der Waals surface area contributed by atoms with E-state index in [-0.39, 0.29) is 65.3 Å². The van der Waals surface area contributed by atoms with Gasteiger partial charge >= 0.3 is 0 Å². The fraction of sp³-hybridized carbons (Fsp3) is 0.727. The quantitative estimate of drug-likeness (QED) is 0.137. The first-order valence-electron chi connectivity index (χ1n) is 21.8. The standard InChI is InChI=1S/C44H62O20/c1-15-26(61-31-13-27(39(52)19(5)59-31)62-29-11-24(46)37(50)17(3)57-29)10-22-8-21-9-23(43(56-7)36(49)16(2)45)44(42(55)34(21)41(54)33(22)35(15)48)64-32-14-28(40(53)20(6)60-32)63-30-12-25(47)38(51)18(4)58-30/h8,10,17-20,23-25,27-32,36-40,43-44,46-54H,9,11-14H2,1-7H3/t17?,18?,19?,20?,23-,24?,25?,27?,28?,29?,30?,31?,32?,36?,37?,38?,39?,40?,43?,44-/m0/s1. The number of aliphatic hydroxyl groups excluding tert-OH is 7. The molecule has 0 bridgehead atoms. The second-order valence-corrected chi connectivity index (χ2v) is 17.8. The molecular weight excluding hydrogens is 848 g/mol. The van der Waals surface area contributed by atoms with Gasteiger partial charge in [-0.2, -0.15) is 0 Å². The minimum Gasteiger partial charge on any atom is -0.507 e. The van der Waals surface area contributed by atoms with E-state index in [0.717, 1.165) is 0 Å². The number of carbonyl (C=O) groups is 2. The van der Waals surface area contributed by atoms with Gasteiger partial charge in [-0.3, -0.25) is 9.59 Å². The summed E-state index contributed by atoms with van der Waals surface area (Å²) in [4.78, 5) is 27.3. The molecular formula is C44H62O20. The Morgan fingerprint density at radius 3 is 1.69 bits per heavy atom. The van der Waals surface area contributed by atoms with Gasteiger partial charge in [0.05, 0.1) is 65.9 Å². The van der Waals surface area contributed by atoms with Crippen molar-refractivity contribution in [2.75, 3.05) is 7.11 Å². The van der Waals surface area contributed by atoms with Crippen LogP contribution < -0.4 is 4.74 Å². The Labute approximate surface area is 369 Å². The van der Waals surface area contributed by atoms with E-state index in [2.05, 4.69) is 0 Å². The first-order valence-corrected chi connectivity index (χ1v) is 21.8. The van der Waals surface area contributed by atoms with Crippen molar-refractivity contribution in [3.63, 3.8) is 0 Å². The molecule has 4 heterocycles. The zero-order valence-corrected chi connectivity index (χ0v) is 36.8. The molecule has 4 aliphatic heterocycles. The molecule has 0 spiro atoms. The minimum absolute atomic E-state index is 0.00331. The number of phenols is 2. The fourth-order valence-electron chi connectivity index (χ4n) is 9.51. The maximum absolute atomic E-state index is 14.7. The summed E-state index contributed by atoms with van der Waals surface area (Å²) in [5, 5.41) is 97.6. The summed E-state index contributed by atoms with van der Waals surface area (Å²) in [6.07, 6.45) is -20.8. The summed E-state index contributed by atoms with van der Waals surface area (Å²) in [6, 6.07) is 3.12. The zero-order chi connectivity index (χ0) is 46.6. The van der Waals surface area contributed by atoms with Crippen molar-refractivity contribution in [3.05, 3.63) is 28.8 Å². The molecule has 0 radical (unpaired) electrons. The molecule has 2 aromatic carbocycles. The largest absolute Gasteiger partial charge is 0.507 e. The Morgan fingerprint density at radius 1 is 0.703 bits per heavy atom. The molecule has 0 amide bonds. The maximum Gasteiger partial charge on any atom is 0.202 e. The van der Waals surface area contributed by atoms with Crippen molar-refractivity contribution in [1.29, 1.82) is 0 Å². The second-order valence-electron chi connectivity index (χ2n) is 17.8. The van der Waals surface area contributed by atoms with Gasteiger partial charge in [-0.25, -0.2) is 0 Å². The molecule has 358 valence electrons. The van der Waals surface area contributed by atoms with Crippen LogP contribution in [0.5, 0.6) is 17.2 Å². The third-order valence-electron chi connectivity index (χ3n) is 13.3. The molecule has 0 saturated carbocycles. The Bertz CT molecular complexity index is 1970. The zero-order valence-electron chi connectivity index (χ0n) is 36.8. The average Bonchev–Trinajstić information content (AvgIpc) is 3.22. The molecule has 5 aliphatic rings. The van der Waals surface area contributed by atoms with Gasteiger partial charge in [-0.15, -0.1) is 0 Å². The van der Waals surface area contributed by atoms with Crippen molar-refractivity contribution in [3.8, 4) is 17.2 Å². The third kappa shape index (κ3) is 9.65. The molecule has 0 aromatic heterocycles. The van der Waals surface area contributed by atoms with Crippen molar-refractivity contribution >= 4 is 22.3 Å². The number of aliphatic hydroxyl groups is 7. The van der Waals surface area contributed by atoms with E-state index in [1.807, 2.05) is 0 Å². The Balaban J connectivity index is 1.16. The molecule has 2 aromatic rings. The number of fused-ring (bicyclic) bond motifs is 2. The van der Waals surface area contributed by atoms with Gasteiger partial charge in [-0.1, -0.05) is 0 Å². The number of ketones is 2. The van der Waals surface area contributed by atoms with Crippen LogP contribution in [0.25, 0.3) is 10.8 Å². The number of rotatable bonds is 12. The van der Waals surface area contributed by atoms with E-state index in [0.29, 0.717) is 0 Å². The van der Waals surface area contributed by atoms with Crippen molar-refractivity contribution in [2.45, 2.75) is 190 Å². The summed E-state index contributed by atoms with van der Waals surface area (Å²) < 4.78 is 53.8. The number of carbonyl (C=O) groups excluding carboxylic acids is 2. The number of phenolic OH excluding ortho intramolecular Hbond substituents is 2. The monoisotopic (exact) mass is 910 g/mol. The van der Waals surface area contributed by atoms with Crippen LogP contribution in [-0.2, 0) is 49.1 Å². The third-order valence-corrected chi connectivity index (χ3v) is 13.3. The Morgan fingerprint density at radius 2 is 1.19 bits per heavy atom. The van der Waals surface area contributed by atoms with Gasteiger partial charge in [0.15, 0.2) is 30.4 Å². The number of aromatic hydroxyl groups is 2. The second kappa shape index (κ2) is 19.6. The van der Waals surface area contributed by atoms with Crippen LogP contribution in [0.3, 0.4) is 0 Å². The van der Waals surface area contributed by atoms with E-state index in [1.54, 1.807) is 39.8 Å². The van der Waals surface area contributed by atoms with Gasteiger partial charge in [-0.05, 0) is 71.0 Å². The highest BCUT2D eigenvalue weighted by atomic mass is 16.7. The van der Waals surface area contributed by atoms with E-state index < -0.39 is 146 Å². The number of ether oxygens (including phenoxy) is 9. The fourth-order valence-corrected chi connectivity index (χ4v) is 9.51. The Hall–Kier alpha value is -3.16. The lowest BCUT2D eigenvalue weighted by molar-refractivity contribution is -0.311. The van der Waals surface area contributed by atoms with E-state index in [1.165, 1.54) is 21.0 Å². The number of hydrogen-bond donors (Lipinski definition) is 9. The van der Waals surface area contributed by atoms with Crippen LogP contribution in [0.2, 0.25) is 0 Å². The predicted octanol–water partition coefficient (Wildman–Crippen LogP) is 0.119. The topological polar surface area (TPSA) is 299 Å². The molecule has 7 rings (SSSR count). The van der Waals surface area contributed by atoms with Gasteiger partial charge in [0.1, 0.15) is 53.9 Å². The molecule has 18 unspecified atom stereocenters. The maximum atomic E-state index is 14.7. The van der Waals surface area contributed by atoms with Crippen LogP contribution in [0.4, 0.5) is 0 Å². The summed E-state index contributed by atoms with van der Waals surface area (Å²) in [7, 11) is 1.27.